The number of rotatable bonds is 5. The number of carbonyl (C=O) groups is 1. The summed E-state index contributed by atoms with van der Waals surface area (Å²) in [5.41, 5.74) is 1.40. The van der Waals surface area contributed by atoms with Crippen LogP contribution < -0.4 is 0 Å². The van der Waals surface area contributed by atoms with Crippen LogP contribution in [0.4, 0.5) is 0 Å². The first-order valence-corrected chi connectivity index (χ1v) is 10.5. The van der Waals surface area contributed by atoms with Crippen molar-refractivity contribution in [3.63, 3.8) is 0 Å². The summed E-state index contributed by atoms with van der Waals surface area (Å²) in [4.78, 5) is 17.0. The normalized spacial score (nSPS) is 23.8. The summed E-state index contributed by atoms with van der Waals surface area (Å²) >= 11 is 0. The van der Waals surface area contributed by atoms with Gasteiger partial charge >= 0.3 is 0 Å². The second-order valence-electron chi connectivity index (χ2n) is 8.25. The van der Waals surface area contributed by atoms with E-state index in [0.29, 0.717) is 24.0 Å². The third-order valence-electron chi connectivity index (χ3n) is 6.38. The van der Waals surface area contributed by atoms with E-state index in [2.05, 4.69) is 40.1 Å². The second-order valence-corrected chi connectivity index (χ2v) is 8.25. The summed E-state index contributed by atoms with van der Waals surface area (Å²) in [5.74, 6) is 0.741. The van der Waals surface area contributed by atoms with Gasteiger partial charge in [-0.1, -0.05) is 36.8 Å². The van der Waals surface area contributed by atoms with Crippen molar-refractivity contribution in [3.8, 4) is 0 Å². The number of benzene rings is 1. The Morgan fingerprint density at radius 2 is 1.50 bits per heavy atom. The van der Waals surface area contributed by atoms with Crippen LogP contribution in [0.15, 0.2) is 30.3 Å². The molecule has 1 aromatic carbocycles. The number of hydrogen-bond acceptors (Lipinski definition) is 3. The molecule has 0 spiro atoms. The van der Waals surface area contributed by atoms with Gasteiger partial charge < -0.3 is 9.64 Å². The molecule has 3 fully saturated rings. The van der Waals surface area contributed by atoms with E-state index in [0.717, 1.165) is 71.2 Å². The minimum absolute atomic E-state index is 0.335. The van der Waals surface area contributed by atoms with Crippen LogP contribution in [0, 0.1) is 5.92 Å². The van der Waals surface area contributed by atoms with E-state index in [9.17, 15) is 4.79 Å². The molecule has 0 unspecified atom stereocenters. The van der Waals surface area contributed by atoms with E-state index in [1.165, 1.54) is 12.0 Å². The first kappa shape index (κ1) is 18.0. The van der Waals surface area contributed by atoms with Gasteiger partial charge in [0, 0.05) is 38.6 Å². The molecule has 4 nitrogen and oxygen atoms in total. The smallest absolute Gasteiger partial charge is 0.225 e. The molecule has 142 valence electrons. The Hall–Kier alpha value is -1.39. The molecule has 2 saturated heterocycles. The molecule has 1 aliphatic carbocycles. The average Bonchev–Trinajstić information content (AvgIpc) is 2.63. The lowest BCUT2D eigenvalue weighted by atomic mass is 9.84. The lowest BCUT2D eigenvalue weighted by Gasteiger charge is -2.39. The fraction of sp³-hybridized carbons (Fsp3) is 0.682. The topological polar surface area (TPSA) is 32.8 Å². The van der Waals surface area contributed by atoms with Crippen LogP contribution in [0.3, 0.4) is 0 Å². The van der Waals surface area contributed by atoms with Crippen LogP contribution >= 0.6 is 0 Å². The minimum atomic E-state index is 0.335. The van der Waals surface area contributed by atoms with Gasteiger partial charge in [0.2, 0.25) is 5.91 Å². The Morgan fingerprint density at radius 1 is 0.885 bits per heavy atom. The third kappa shape index (κ3) is 4.47. The summed E-state index contributed by atoms with van der Waals surface area (Å²) in [7, 11) is 0. The van der Waals surface area contributed by atoms with Gasteiger partial charge in [-0.2, -0.15) is 0 Å². The molecule has 4 heteroatoms. The Labute approximate surface area is 157 Å². The number of amides is 1. The summed E-state index contributed by atoms with van der Waals surface area (Å²) in [6.07, 6.45) is 8.51. The number of nitrogens with zero attached hydrogens (tertiary/aromatic N) is 2. The number of piperidine rings is 2. The number of ether oxygens (including phenoxy) is 1. The van der Waals surface area contributed by atoms with Gasteiger partial charge in [0.05, 0.1) is 12.2 Å². The van der Waals surface area contributed by atoms with E-state index in [1.54, 1.807) is 0 Å². The van der Waals surface area contributed by atoms with Gasteiger partial charge in [0.25, 0.3) is 0 Å². The largest absolute Gasteiger partial charge is 0.375 e. The van der Waals surface area contributed by atoms with Crippen molar-refractivity contribution in [1.29, 1.82) is 0 Å². The Balaban J connectivity index is 1.15. The van der Waals surface area contributed by atoms with E-state index < -0.39 is 0 Å². The number of hydrogen-bond donors (Lipinski definition) is 0. The molecule has 1 saturated carbocycles. The van der Waals surface area contributed by atoms with E-state index in [4.69, 9.17) is 4.74 Å². The van der Waals surface area contributed by atoms with Crippen LogP contribution in [0.1, 0.15) is 50.5 Å². The maximum absolute atomic E-state index is 12.3. The molecular weight excluding hydrogens is 324 g/mol. The highest BCUT2D eigenvalue weighted by atomic mass is 16.5. The van der Waals surface area contributed by atoms with Crippen molar-refractivity contribution in [2.75, 3.05) is 26.2 Å². The SMILES string of the molecule is O=C(C1CCC1)N1CCC(OC2CCN(Cc3ccccc3)CC2)CC1. The average molecular weight is 357 g/mol. The summed E-state index contributed by atoms with van der Waals surface area (Å²) in [6.45, 7) is 5.09. The lowest BCUT2D eigenvalue weighted by Crippen LogP contribution is -2.46. The Bertz CT molecular complexity index is 571. The zero-order valence-electron chi connectivity index (χ0n) is 15.8. The van der Waals surface area contributed by atoms with Crippen molar-refractivity contribution in [2.24, 2.45) is 5.92 Å². The van der Waals surface area contributed by atoms with Gasteiger partial charge in [-0.25, -0.2) is 0 Å². The van der Waals surface area contributed by atoms with Crippen LogP contribution in [0.2, 0.25) is 0 Å². The molecular formula is C22H32N2O2. The summed E-state index contributed by atoms with van der Waals surface area (Å²) in [6, 6.07) is 10.7. The predicted octanol–water partition coefficient (Wildman–Crippen LogP) is 3.46. The highest BCUT2D eigenvalue weighted by Gasteiger charge is 2.32. The summed E-state index contributed by atoms with van der Waals surface area (Å²) in [5, 5.41) is 0. The quantitative estimate of drug-likeness (QED) is 0.810. The van der Waals surface area contributed by atoms with Gasteiger partial charge in [0.15, 0.2) is 0 Å². The van der Waals surface area contributed by atoms with Crippen molar-refractivity contribution in [3.05, 3.63) is 35.9 Å². The highest BCUT2D eigenvalue weighted by molar-refractivity contribution is 5.79. The van der Waals surface area contributed by atoms with Crippen molar-refractivity contribution >= 4 is 5.91 Å². The molecule has 0 N–H and O–H groups in total. The Morgan fingerprint density at radius 3 is 2.08 bits per heavy atom. The van der Waals surface area contributed by atoms with Crippen molar-refractivity contribution < 1.29 is 9.53 Å². The fourth-order valence-corrected chi connectivity index (χ4v) is 4.44. The zero-order chi connectivity index (χ0) is 17.8. The number of carbonyl (C=O) groups excluding carboxylic acids is 1. The molecule has 0 bridgehead atoms. The standard InChI is InChI=1S/C22H32N2O2/c25-22(19-7-4-8-19)24-15-11-21(12-16-24)26-20-9-13-23(14-10-20)17-18-5-2-1-3-6-18/h1-3,5-6,19-21H,4,7-17H2. The molecule has 4 rings (SSSR count). The monoisotopic (exact) mass is 356 g/mol. The van der Waals surface area contributed by atoms with Gasteiger partial charge in [-0.3, -0.25) is 9.69 Å². The fourth-order valence-electron chi connectivity index (χ4n) is 4.44. The molecule has 1 aromatic rings. The van der Waals surface area contributed by atoms with Crippen molar-refractivity contribution in [2.45, 2.75) is 63.7 Å². The van der Waals surface area contributed by atoms with Gasteiger partial charge in [-0.15, -0.1) is 0 Å². The number of likely N-dealkylation sites (tertiary alicyclic amines) is 2. The van der Waals surface area contributed by atoms with Crippen LogP contribution in [0.25, 0.3) is 0 Å². The molecule has 2 heterocycles. The Kier molecular flexibility index (Phi) is 5.91. The van der Waals surface area contributed by atoms with E-state index in [1.807, 2.05) is 0 Å². The van der Waals surface area contributed by atoms with E-state index in [-0.39, 0.29) is 0 Å². The predicted molar refractivity (Wildman–Crippen MR) is 103 cm³/mol. The van der Waals surface area contributed by atoms with Gasteiger partial charge in [0.1, 0.15) is 0 Å². The van der Waals surface area contributed by atoms with Gasteiger partial charge in [-0.05, 0) is 44.1 Å². The first-order chi connectivity index (χ1) is 12.8. The molecule has 3 aliphatic rings. The summed E-state index contributed by atoms with van der Waals surface area (Å²) < 4.78 is 6.40. The molecule has 26 heavy (non-hydrogen) atoms. The molecule has 0 atom stereocenters. The van der Waals surface area contributed by atoms with Crippen LogP contribution in [-0.2, 0) is 16.1 Å². The second kappa shape index (κ2) is 8.53. The van der Waals surface area contributed by atoms with E-state index >= 15 is 0 Å². The maximum atomic E-state index is 12.3. The van der Waals surface area contributed by atoms with Crippen molar-refractivity contribution in [1.82, 2.24) is 9.80 Å². The lowest BCUT2D eigenvalue weighted by molar-refractivity contribution is -0.142. The molecule has 0 radical (unpaired) electrons. The maximum Gasteiger partial charge on any atom is 0.225 e. The highest BCUT2D eigenvalue weighted by Crippen LogP contribution is 2.30. The minimum Gasteiger partial charge on any atom is -0.375 e. The first-order valence-electron chi connectivity index (χ1n) is 10.5. The van der Waals surface area contributed by atoms with Crippen LogP contribution in [-0.4, -0.2) is 54.1 Å². The molecule has 2 aliphatic heterocycles. The zero-order valence-corrected chi connectivity index (χ0v) is 15.8. The molecule has 0 aromatic heterocycles. The third-order valence-corrected chi connectivity index (χ3v) is 6.38. The molecule has 1 amide bonds. The van der Waals surface area contributed by atoms with Crippen LogP contribution in [0.5, 0.6) is 0 Å².